The Kier molecular flexibility index (Phi) is 6.59. The maximum Gasteiger partial charge on any atom is 0.359 e. The van der Waals surface area contributed by atoms with Crippen molar-refractivity contribution in [3.63, 3.8) is 0 Å². The molecule has 0 spiro atoms. The summed E-state index contributed by atoms with van der Waals surface area (Å²) in [5.74, 6) is -0.838. The van der Waals surface area contributed by atoms with Crippen LogP contribution in [-0.4, -0.2) is 52.0 Å². The first-order valence-electron chi connectivity index (χ1n) is 11.2. The van der Waals surface area contributed by atoms with Crippen LogP contribution in [0.5, 0.6) is 5.75 Å². The molecule has 2 amide bonds. The number of carbonyl (C=O) groups excluding carboxylic acids is 3. The Labute approximate surface area is 203 Å². The molecule has 1 aromatic heterocycles. The van der Waals surface area contributed by atoms with Gasteiger partial charge in [-0.2, -0.15) is 0 Å². The highest BCUT2D eigenvalue weighted by molar-refractivity contribution is 6.06. The summed E-state index contributed by atoms with van der Waals surface area (Å²) in [5, 5.41) is 2.96. The van der Waals surface area contributed by atoms with Crippen LogP contribution in [0.15, 0.2) is 54.9 Å². The number of carbonyl (C=O) groups is 3. The molecule has 2 aromatic carbocycles. The van der Waals surface area contributed by atoms with Crippen LogP contribution < -0.4 is 10.1 Å². The second-order valence-electron chi connectivity index (χ2n) is 8.71. The number of aromatic nitrogens is 2. The van der Waals surface area contributed by atoms with Crippen LogP contribution in [0.2, 0.25) is 0 Å². The summed E-state index contributed by atoms with van der Waals surface area (Å²) in [6, 6.07) is 15.2. The summed E-state index contributed by atoms with van der Waals surface area (Å²) in [5.41, 5.74) is 1.52. The van der Waals surface area contributed by atoms with Crippen LogP contribution >= 0.6 is 0 Å². The number of amides is 2. The van der Waals surface area contributed by atoms with Crippen molar-refractivity contribution in [3.8, 4) is 5.75 Å². The van der Waals surface area contributed by atoms with Crippen molar-refractivity contribution in [2.24, 2.45) is 0 Å². The summed E-state index contributed by atoms with van der Waals surface area (Å²) in [6.07, 6.45) is 1.40. The summed E-state index contributed by atoms with van der Waals surface area (Å²) >= 11 is 0. The Morgan fingerprint density at radius 3 is 2.63 bits per heavy atom. The number of esters is 1. The normalized spacial score (nSPS) is 17.0. The Bertz CT molecular complexity index is 1280. The molecule has 0 saturated heterocycles. The Morgan fingerprint density at radius 1 is 1.14 bits per heavy atom. The van der Waals surface area contributed by atoms with Gasteiger partial charge in [0.15, 0.2) is 5.69 Å². The number of rotatable bonds is 7. The first-order chi connectivity index (χ1) is 16.8. The molecule has 0 radical (unpaired) electrons. The molecule has 0 saturated carbocycles. The van der Waals surface area contributed by atoms with Gasteiger partial charge in [-0.15, -0.1) is 0 Å². The van der Waals surface area contributed by atoms with Gasteiger partial charge >= 0.3 is 5.97 Å². The van der Waals surface area contributed by atoms with Gasteiger partial charge in [-0.3, -0.25) is 9.59 Å². The van der Waals surface area contributed by atoms with Crippen LogP contribution in [0.3, 0.4) is 0 Å². The second kappa shape index (κ2) is 9.61. The maximum atomic E-state index is 13.8. The maximum absolute atomic E-state index is 13.8. The molecule has 182 valence electrons. The number of nitrogens with one attached hydrogen (secondary N) is 1. The molecule has 1 N–H and O–H groups in total. The third-order valence-corrected chi connectivity index (χ3v) is 6.28. The fraction of sp³-hybridized carbons (Fsp3) is 0.308. The number of hydrogen-bond donors (Lipinski definition) is 1. The molecule has 4 rings (SSSR count). The molecule has 1 aliphatic rings. The standard InChI is InChI=1S/C26H28N4O5/c1-17-8-7-9-18(12-17)14-30-23(31)22-21(24(32)35-4)28-16-29(22)15-26(30,2)25(33)27-13-19-10-5-6-11-20(19)34-3/h5-12,16H,13-15H2,1-4H3,(H,27,33)/t26-/m0/s1. The zero-order chi connectivity index (χ0) is 25.2. The lowest BCUT2D eigenvalue weighted by Gasteiger charge is -2.43. The van der Waals surface area contributed by atoms with Gasteiger partial charge in [-0.05, 0) is 25.5 Å². The molecule has 0 bridgehead atoms. The number of ether oxygens (including phenoxy) is 2. The number of hydrogen-bond acceptors (Lipinski definition) is 6. The molecular weight excluding hydrogens is 448 g/mol. The van der Waals surface area contributed by atoms with Gasteiger partial charge in [0.2, 0.25) is 5.91 Å². The second-order valence-corrected chi connectivity index (χ2v) is 8.71. The van der Waals surface area contributed by atoms with Gasteiger partial charge in [0, 0.05) is 18.7 Å². The Hall–Kier alpha value is -4.14. The number of aryl methyl sites for hydroxylation is 1. The smallest absolute Gasteiger partial charge is 0.359 e. The van der Waals surface area contributed by atoms with Gasteiger partial charge in [0.25, 0.3) is 5.91 Å². The molecule has 9 heteroatoms. The molecule has 2 heterocycles. The van der Waals surface area contributed by atoms with E-state index in [9.17, 15) is 14.4 Å². The molecule has 9 nitrogen and oxygen atoms in total. The van der Waals surface area contributed by atoms with E-state index in [-0.39, 0.29) is 36.9 Å². The van der Waals surface area contributed by atoms with E-state index >= 15 is 0 Å². The molecule has 0 fully saturated rings. The lowest BCUT2D eigenvalue weighted by molar-refractivity contribution is -0.133. The van der Waals surface area contributed by atoms with Crippen molar-refractivity contribution in [1.29, 1.82) is 0 Å². The highest BCUT2D eigenvalue weighted by atomic mass is 16.5. The largest absolute Gasteiger partial charge is 0.496 e. The summed E-state index contributed by atoms with van der Waals surface area (Å²) in [4.78, 5) is 45.3. The van der Waals surface area contributed by atoms with E-state index in [1.807, 2.05) is 55.5 Å². The molecular formula is C26H28N4O5. The van der Waals surface area contributed by atoms with Crippen molar-refractivity contribution < 1.29 is 23.9 Å². The molecule has 0 aliphatic carbocycles. The highest BCUT2D eigenvalue weighted by Crippen LogP contribution is 2.31. The van der Waals surface area contributed by atoms with Crippen molar-refractivity contribution in [2.45, 2.75) is 39.0 Å². The van der Waals surface area contributed by atoms with Gasteiger partial charge in [0.05, 0.1) is 27.1 Å². The van der Waals surface area contributed by atoms with E-state index in [0.717, 1.165) is 16.7 Å². The monoisotopic (exact) mass is 476 g/mol. The Morgan fingerprint density at radius 2 is 1.91 bits per heavy atom. The zero-order valence-corrected chi connectivity index (χ0v) is 20.2. The lowest BCUT2D eigenvalue weighted by atomic mass is 9.93. The van der Waals surface area contributed by atoms with Crippen molar-refractivity contribution in [3.05, 3.63) is 82.9 Å². The van der Waals surface area contributed by atoms with Crippen molar-refractivity contribution >= 4 is 17.8 Å². The quantitative estimate of drug-likeness (QED) is 0.526. The van der Waals surface area contributed by atoms with E-state index in [1.165, 1.54) is 18.3 Å². The number of benzene rings is 2. The van der Waals surface area contributed by atoms with E-state index in [1.54, 1.807) is 18.6 Å². The fourth-order valence-electron chi connectivity index (χ4n) is 4.39. The molecule has 3 aromatic rings. The average Bonchev–Trinajstić information content (AvgIpc) is 3.28. The zero-order valence-electron chi connectivity index (χ0n) is 20.2. The van der Waals surface area contributed by atoms with Crippen LogP contribution in [0.1, 0.15) is 44.6 Å². The predicted molar refractivity (Wildman–Crippen MR) is 128 cm³/mol. The first kappa shape index (κ1) is 24.0. The van der Waals surface area contributed by atoms with Gasteiger partial charge in [0.1, 0.15) is 17.0 Å². The van der Waals surface area contributed by atoms with Crippen molar-refractivity contribution in [1.82, 2.24) is 19.8 Å². The lowest BCUT2D eigenvalue weighted by Crippen LogP contribution is -2.63. The average molecular weight is 477 g/mol. The molecule has 0 unspecified atom stereocenters. The topological polar surface area (TPSA) is 103 Å². The first-order valence-corrected chi connectivity index (χ1v) is 11.2. The minimum Gasteiger partial charge on any atom is -0.496 e. The summed E-state index contributed by atoms with van der Waals surface area (Å²) in [7, 11) is 2.81. The summed E-state index contributed by atoms with van der Waals surface area (Å²) in [6.45, 7) is 4.23. The van der Waals surface area contributed by atoms with E-state index in [4.69, 9.17) is 9.47 Å². The van der Waals surface area contributed by atoms with Gasteiger partial charge in [-0.1, -0.05) is 48.0 Å². The van der Waals surface area contributed by atoms with E-state index < -0.39 is 17.4 Å². The van der Waals surface area contributed by atoms with E-state index in [2.05, 4.69) is 10.3 Å². The minimum atomic E-state index is -1.25. The van der Waals surface area contributed by atoms with Gasteiger partial charge < -0.3 is 24.3 Å². The molecule has 1 atom stereocenters. The van der Waals surface area contributed by atoms with E-state index in [0.29, 0.717) is 5.75 Å². The van der Waals surface area contributed by atoms with Crippen molar-refractivity contribution in [2.75, 3.05) is 14.2 Å². The third-order valence-electron chi connectivity index (χ3n) is 6.28. The minimum absolute atomic E-state index is 0.0665. The van der Waals surface area contributed by atoms with Crippen LogP contribution in [-0.2, 0) is 29.2 Å². The number of imidazole rings is 1. The number of fused-ring (bicyclic) bond motifs is 1. The Balaban J connectivity index is 1.70. The van der Waals surface area contributed by atoms with Crippen LogP contribution in [0.4, 0.5) is 0 Å². The highest BCUT2D eigenvalue weighted by Gasteiger charge is 2.49. The van der Waals surface area contributed by atoms with Crippen LogP contribution in [0.25, 0.3) is 0 Å². The number of para-hydroxylation sites is 1. The summed E-state index contributed by atoms with van der Waals surface area (Å²) < 4.78 is 11.7. The third kappa shape index (κ3) is 4.49. The SMILES string of the molecule is COC(=O)c1ncn2c1C(=O)N(Cc1cccc(C)c1)[C@](C)(C(=O)NCc1ccccc1OC)C2. The fourth-order valence-corrected chi connectivity index (χ4v) is 4.39. The molecule has 1 aliphatic heterocycles. The number of methoxy groups -OCH3 is 2. The molecule has 35 heavy (non-hydrogen) atoms. The number of nitrogens with zero attached hydrogens (tertiary/aromatic N) is 3. The van der Waals surface area contributed by atoms with Gasteiger partial charge in [-0.25, -0.2) is 9.78 Å². The van der Waals surface area contributed by atoms with Crippen LogP contribution in [0, 0.1) is 6.92 Å². The predicted octanol–water partition coefficient (Wildman–Crippen LogP) is 2.72.